The van der Waals surface area contributed by atoms with Gasteiger partial charge >= 0.3 is 0 Å². The number of nitrogens with zero attached hydrogens (tertiary/aromatic N) is 2. The fourth-order valence-electron chi connectivity index (χ4n) is 3.33. The molecule has 7 nitrogen and oxygen atoms in total. The number of amidine groups is 1. The van der Waals surface area contributed by atoms with Crippen LogP contribution in [-0.4, -0.2) is 48.8 Å². The number of anilines is 1. The molecular weight excluding hydrogens is 481 g/mol. The van der Waals surface area contributed by atoms with Crippen LogP contribution in [0.25, 0.3) is 6.08 Å². The van der Waals surface area contributed by atoms with Crippen molar-refractivity contribution in [3.8, 4) is 5.75 Å². The number of nitrogens with one attached hydrogen (secondary N) is 1. The smallest absolute Gasteiger partial charge is 0.266 e. The minimum absolute atomic E-state index is 0.185. The quantitative estimate of drug-likeness (QED) is 0.410. The molecule has 1 aliphatic heterocycles. The predicted molar refractivity (Wildman–Crippen MR) is 140 cm³/mol. The van der Waals surface area contributed by atoms with E-state index in [0.29, 0.717) is 40.2 Å². The summed E-state index contributed by atoms with van der Waals surface area (Å²) in [5.74, 6) is -0.512. The van der Waals surface area contributed by atoms with Crippen LogP contribution in [0.15, 0.2) is 88.8 Å². The minimum Gasteiger partial charge on any atom is -0.483 e. The average Bonchev–Trinajstić information content (AvgIpc) is 3.17. The van der Waals surface area contributed by atoms with Crippen LogP contribution in [0.1, 0.15) is 5.56 Å². The molecule has 0 saturated carbocycles. The summed E-state index contributed by atoms with van der Waals surface area (Å²) in [5, 5.41) is 3.22. The van der Waals surface area contributed by atoms with Crippen molar-refractivity contribution in [2.24, 2.45) is 4.99 Å². The Hall–Kier alpha value is -3.95. The zero-order valence-electron chi connectivity index (χ0n) is 19.5. The molecule has 1 heterocycles. The van der Waals surface area contributed by atoms with Crippen LogP contribution < -0.4 is 10.1 Å². The van der Waals surface area contributed by atoms with Crippen molar-refractivity contribution in [2.45, 2.75) is 0 Å². The maximum Gasteiger partial charge on any atom is 0.266 e. The van der Waals surface area contributed by atoms with Crippen molar-refractivity contribution in [2.75, 3.05) is 32.2 Å². The number of aliphatic imine (C=N–C) groups is 1. The molecule has 3 aromatic rings. The van der Waals surface area contributed by atoms with Crippen molar-refractivity contribution < 1.29 is 23.5 Å². The zero-order valence-corrected chi connectivity index (χ0v) is 20.3. The van der Waals surface area contributed by atoms with Gasteiger partial charge in [0, 0.05) is 18.4 Å². The number of carbonyl (C=O) groups is 2. The van der Waals surface area contributed by atoms with Gasteiger partial charge in [0.2, 0.25) is 0 Å². The van der Waals surface area contributed by atoms with Gasteiger partial charge in [0.1, 0.15) is 11.6 Å². The second-order valence-electron chi connectivity index (χ2n) is 7.67. The van der Waals surface area contributed by atoms with E-state index in [1.807, 2.05) is 36.4 Å². The number of amides is 2. The molecule has 1 fully saturated rings. The Morgan fingerprint density at radius 1 is 1.06 bits per heavy atom. The van der Waals surface area contributed by atoms with Gasteiger partial charge in [0.25, 0.3) is 11.8 Å². The third-order valence-corrected chi connectivity index (χ3v) is 6.09. The molecular formula is C27H24FN3O4S. The largest absolute Gasteiger partial charge is 0.483 e. The molecule has 0 unspecified atom stereocenters. The van der Waals surface area contributed by atoms with Crippen LogP contribution in [0.3, 0.4) is 0 Å². The van der Waals surface area contributed by atoms with E-state index in [2.05, 4.69) is 10.3 Å². The molecule has 0 atom stereocenters. The number of para-hydroxylation sites is 2. The second-order valence-corrected chi connectivity index (χ2v) is 8.68. The van der Waals surface area contributed by atoms with Crippen molar-refractivity contribution in [3.05, 3.63) is 95.1 Å². The maximum absolute atomic E-state index is 13.2. The third kappa shape index (κ3) is 6.59. The maximum atomic E-state index is 13.2. The number of halogens is 1. The van der Waals surface area contributed by atoms with E-state index in [1.165, 1.54) is 36.0 Å². The summed E-state index contributed by atoms with van der Waals surface area (Å²) in [6.45, 7) is 0.489. The van der Waals surface area contributed by atoms with E-state index in [9.17, 15) is 14.0 Å². The Labute approximate surface area is 212 Å². The average molecular weight is 506 g/mol. The molecule has 9 heteroatoms. The molecule has 1 aliphatic rings. The van der Waals surface area contributed by atoms with Crippen LogP contribution in [-0.2, 0) is 14.3 Å². The summed E-state index contributed by atoms with van der Waals surface area (Å²) in [6.07, 6.45) is 1.73. The monoisotopic (exact) mass is 505 g/mol. The lowest BCUT2D eigenvalue weighted by atomic mass is 10.2. The van der Waals surface area contributed by atoms with Crippen molar-refractivity contribution in [1.82, 2.24) is 4.90 Å². The van der Waals surface area contributed by atoms with Gasteiger partial charge in [-0.1, -0.05) is 36.4 Å². The standard InChI is InChI=1S/C27H24FN3O4S/c1-34-16-15-31-26(33)24(36-27(31)30-21-8-3-2-4-9-21)17-19-7-5-6-10-23(19)35-18-25(32)29-22-13-11-20(28)12-14-22/h2-14,17H,15-16,18H2,1H3,(H,29,32)/b24-17+,30-27?. The number of benzene rings is 3. The molecule has 3 aromatic carbocycles. The second kappa shape index (κ2) is 12.1. The van der Waals surface area contributed by atoms with Gasteiger partial charge in [-0.2, -0.15) is 0 Å². The molecule has 0 bridgehead atoms. The molecule has 184 valence electrons. The number of hydrogen-bond acceptors (Lipinski definition) is 6. The Kier molecular flexibility index (Phi) is 8.48. The summed E-state index contributed by atoms with van der Waals surface area (Å²) in [6, 6.07) is 22.0. The summed E-state index contributed by atoms with van der Waals surface area (Å²) >= 11 is 1.27. The molecule has 2 amide bonds. The fraction of sp³-hybridized carbons (Fsp3) is 0.148. The van der Waals surface area contributed by atoms with E-state index >= 15 is 0 Å². The number of ether oxygens (including phenoxy) is 2. The molecule has 1 saturated heterocycles. The van der Waals surface area contributed by atoms with Gasteiger partial charge in [-0.15, -0.1) is 0 Å². The van der Waals surface area contributed by atoms with Crippen LogP contribution in [0.4, 0.5) is 15.8 Å². The van der Waals surface area contributed by atoms with Gasteiger partial charge in [0.05, 0.1) is 23.7 Å². The first-order valence-corrected chi connectivity index (χ1v) is 12.0. The predicted octanol–water partition coefficient (Wildman–Crippen LogP) is 5.09. The summed E-state index contributed by atoms with van der Waals surface area (Å²) in [4.78, 5) is 32.2. The van der Waals surface area contributed by atoms with Gasteiger partial charge < -0.3 is 14.8 Å². The molecule has 0 spiro atoms. The first kappa shape index (κ1) is 25.2. The number of hydrogen-bond donors (Lipinski definition) is 1. The van der Waals surface area contributed by atoms with E-state index < -0.39 is 5.91 Å². The van der Waals surface area contributed by atoms with E-state index in [0.717, 1.165) is 5.69 Å². The highest BCUT2D eigenvalue weighted by Gasteiger charge is 2.33. The lowest BCUT2D eigenvalue weighted by Gasteiger charge is -2.14. The number of carbonyl (C=O) groups excluding carboxylic acids is 2. The first-order valence-electron chi connectivity index (χ1n) is 11.1. The van der Waals surface area contributed by atoms with E-state index in [1.54, 1.807) is 36.3 Å². The van der Waals surface area contributed by atoms with E-state index in [-0.39, 0.29) is 18.3 Å². The summed E-state index contributed by atoms with van der Waals surface area (Å²) in [5.41, 5.74) is 1.86. The lowest BCUT2D eigenvalue weighted by molar-refractivity contribution is -0.122. The molecule has 1 N–H and O–H groups in total. The number of rotatable bonds is 9. The molecule has 0 radical (unpaired) electrons. The highest BCUT2D eigenvalue weighted by atomic mass is 32.2. The Morgan fingerprint density at radius 2 is 1.78 bits per heavy atom. The Balaban J connectivity index is 1.50. The molecule has 4 rings (SSSR count). The van der Waals surface area contributed by atoms with Crippen molar-refractivity contribution in [1.29, 1.82) is 0 Å². The number of methoxy groups -OCH3 is 1. The van der Waals surface area contributed by atoms with Gasteiger partial charge in [-0.05, 0) is 60.3 Å². The van der Waals surface area contributed by atoms with Crippen molar-refractivity contribution >= 4 is 46.2 Å². The normalized spacial score (nSPS) is 15.5. The highest BCUT2D eigenvalue weighted by molar-refractivity contribution is 8.18. The van der Waals surface area contributed by atoms with Crippen LogP contribution >= 0.6 is 11.8 Å². The van der Waals surface area contributed by atoms with E-state index in [4.69, 9.17) is 9.47 Å². The first-order chi connectivity index (χ1) is 17.5. The minimum atomic E-state index is -0.390. The fourth-order valence-corrected chi connectivity index (χ4v) is 4.35. The molecule has 0 aromatic heterocycles. The van der Waals surface area contributed by atoms with Crippen molar-refractivity contribution in [3.63, 3.8) is 0 Å². The molecule has 36 heavy (non-hydrogen) atoms. The highest BCUT2D eigenvalue weighted by Crippen LogP contribution is 2.35. The van der Waals surface area contributed by atoms with Crippen LogP contribution in [0.2, 0.25) is 0 Å². The number of thioether (sulfide) groups is 1. The SMILES string of the molecule is COCCN1C(=O)/C(=C\c2ccccc2OCC(=O)Nc2ccc(F)cc2)SC1=Nc1ccccc1. The van der Waals surface area contributed by atoms with Crippen LogP contribution in [0, 0.1) is 5.82 Å². The lowest BCUT2D eigenvalue weighted by Crippen LogP contribution is -2.32. The van der Waals surface area contributed by atoms with Gasteiger partial charge in [-0.3, -0.25) is 14.5 Å². The Bertz CT molecular complexity index is 1280. The Morgan fingerprint density at radius 3 is 2.53 bits per heavy atom. The topological polar surface area (TPSA) is 80.2 Å². The van der Waals surface area contributed by atoms with Gasteiger partial charge in [-0.25, -0.2) is 9.38 Å². The van der Waals surface area contributed by atoms with Crippen LogP contribution in [0.5, 0.6) is 5.75 Å². The molecule has 0 aliphatic carbocycles. The zero-order chi connectivity index (χ0) is 25.3. The van der Waals surface area contributed by atoms with Gasteiger partial charge in [0.15, 0.2) is 11.8 Å². The summed E-state index contributed by atoms with van der Waals surface area (Å²) < 4.78 is 24.0. The summed E-state index contributed by atoms with van der Waals surface area (Å²) in [7, 11) is 1.58. The third-order valence-electron chi connectivity index (χ3n) is 5.08.